The van der Waals surface area contributed by atoms with Gasteiger partial charge in [-0.25, -0.2) is 0 Å². The highest BCUT2D eigenvalue weighted by Gasteiger charge is 2.23. The molecule has 124 valence electrons. The number of hydrogen-bond acceptors (Lipinski definition) is 3. The first-order valence-electron chi connectivity index (χ1n) is 7.55. The number of carbonyl (C=O) groups is 2. The van der Waals surface area contributed by atoms with Crippen molar-refractivity contribution in [1.82, 2.24) is 15.5 Å². The number of rotatable bonds is 5. The van der Waals surface area contributed by atoms with Crippen LogP contribution in [0.2, 0.25) is 0 Å². The largest absolute Gasteiger partial charge is 0.355 e. The molecule has 0 aromatic carbocycles. The molecule has 5 nitrogen and oxygen atoms in total. The lowest BCUT2D eigenvalue weighted by molar-refractivity contribution is -0.133. The van der Waals surface area contributed by atoms with Gasteiger partial charge in [0.25, 0.3) is 0 Å². The molecular formula is C15H30ClN3O2. The predicted octanol–water partition coefficient (Wildman–Crippen LogP) is 1.42. The Morgan fingerprint density at radius 1 is 1.19 bits per heavy atom. The Kier molecular flexibility index (Phi) is 8.90. The summed E-state index contributed by atoms with van der Waals surface area (Å²) in [6.07, 6.45) is 2.54. The van der Waals surface area contributed by atoms with Crippen LogP contribution in [0.5, 0.6) is 0 Å². The van der Waals surface area contributed by atoms with E-state index in [0.29, 0.717) is 18.9 Å². The quantitative estimate of drug-likeness (QED) is 0.805. The van der Waals surface area contributed by atoms with Crippen LogP contribution in [-0.4, -0.2) is 49.9 Å². The number of nitrogens with zero attached hydrogens (tertiary/aromatic N) is 1. The van der Waals surface area contributed by atoms with E-state index in [1.807, 2.05) is 32.7 Å². The number of nitrogens with one attached hydrogen (secondary N) is 2. The summed E-state index contributed by atoms with van der Waals surface area (Å²) in [6, 6.07) is 0. The van der Waals surface area contributed by atoms with E-state index in [9.17, 15) is 9.59 Å². The molecule has 0 aromatic heterocycles. The zero-order valence-corrected chi connectivity index (χ0v) is 14.5. The van der Waals surface area contributed by atoms with E-state index in [2.05, 4.69) is 10.6 Å². The monoisotopic (exact) mass is 319 g/mol. The van der Waals surface area contributed by atoms with Crippen molar-refractivity contribution in [2.75, 3.05) is 33.2 Å². The summed E-state index contributed by atoms with van der Waals surface area (Å²) in [7, 11) is 1.97. The van der Waals surface area contributed by atoms with Crippen LogP contribution < -0.4 is 10.6 Å². The van der Waals surface area contributed by atoms with Crippen LogP contribution in [0.4, 0.5) is 0 Å². The second-order valence-electron chi connectivity index (χ2n) is 6.64. The summed E-state index contributed by atoms with van der Waals surface area (Å²) < 4.78 is 0. The molecule has 1 aliphatic heterocycles. The van der Waals surface area contributed by atoms with Crippen LogP contribution in [0.15, 0.2) is 0 Å². The van der Waals surface area contributed by atoms with Crippen LogP contribution in [0.3, 0.4) is 0 Å². The van der Waals surface area contributed by atoms with Crippen LogP contribution in [0.1, 0.15) is 40.0 Å². The highest BCUT2D eigenvalue weighted by molar-refractivity contribution is 5.85. The third kappa shape index (κ3) is 7.14. The molecule has 0 radical (unpaired) electrons. The fraction of sp³-hybridized carbons (Fsp3) is 0.867. The molecule has 0 unspecified atom stereocenters. The highest BCUT2D eigenvalue weighted by atomic mass is 35.5. The lowest BCUT2D eigenvalue weighted by atomic mass is 9.95. The van der Waals surface area contributed by atoms with Gasteiger partial charge >= 0.3 is 0 Å². The smallest absolute Gasteiger partial charge is 0.225 e. The van der Waals surface area contributed by atoms with E-state index in [0.717, 1.165) is 32.5 Å². The fourth-order valence-electron chi connectivity index (χ4n) is 2.38. The van der Waals surface area contributed by atoms with Gasteiger partial charge in [-0.2, -0.15) is 0 Å². The Hall–Kier alpha value is -0.810. The third-order valence-electron chi connectivity index (χ3n) is 3.77. The van der Waals surface area contributed by atoms with Crippen molar-refractivity contribution in [2.24, 2.45) is 11.3 Å². The number of likely N-dealkylation sites (tertiary alicyclic amines) is 1. The summed E-state index contributed by atoms with van der Waals surface area (Å²) in [6.45, 7) is 8.77. The molecule has 0 saturated carbocycles. The molecule has 2 amide bonds. The minimum Gasteiger partial charge on any atom is -0.355 e. The predicted molar refractivity (Wildman–Crippen MR) is 87.6 cm³/mol. The van der Waals surface area contributed by atoms with E-state index < -0.39 is 5.41 Å². The standard InChI is InChI=1S/C15H29N3O2.ClH/c1-15(2,3)14(20)17-8-5-13(19)18-9-6-12(7-10-18)11-16-4;/h12,16H,5-11H2,1-4H3,(H,17,20);1H. The van der Waals surface area contributed by atoms with Crippen molar-refractivity contribution >= 4 is 24.2 Å². The summed E-state index contributed by atoms with van der Waals surface area (Å²) in [4.78, 5) is 25.7. The Balaban J connectivity index is 0.00000400. The zero-order valence-electron chi connectivity index (χ0n) is 13.7. The van der Waals surface area contributed by atoms with E-state index in [4.69, 9.17) is 0 Å². The van der Waals surface area contributed by atoms with Gasteiger partial charge in [-0.05, 0) is 32.4 Å². The molecule has 1 fully saturated rings. The van der Waals surface area contributed by atoms with Gasteiger partial charge in [0, 0.05) is 31.5 Å². The maximum Gasteiger partial charge on any atom is 0.225 e. The molecule has 0 atom stereocenters. The summed E-state index contributed by atoms with van der Waals surface area (Å²) in [5.41, 5.74) is -0.394. The van der Waals surface area contributed by atoms with Gasteiger partial charge in [0.05, 0.1) is 0 Å². The van der Waals surface area contributed by atoms with E-state index in [1.54, 1.807) is 0 Å². The first-order chi connectivity index (χ1) is 9.34. The maximum atomic E-state index is 12.1. The normalized spacial score (nSPS) is 16.3. The number of piperidine rings is 1. The van der Waals surface area contributed by atoms with Gasteiger partial charge in [-0.1, -0.05) is 20.8 Å². The number of hydrogen-bond donors (Lipinski definition) is 2. The van der Waals surface area contributed by atoms with Gasteiger partial charge in [-0.15, -0.1) is 12.4 Å². The number of halogens is 1. The van der Waals surface area contributed by atoms with E-state index in [-0.39, 0.29) is 24.2 Å². The van der Waals surface area contributed by atoms with Gasteiger partial charge in [0.2, 0.25) is 11.8 Å². The van der Waals surface area contributed by atoms with Crippen LogP contribution in [0, 0.1) is 11.3 Å². The maximum absolute atomic E-state index is 12.1. The van der Waals surface area contributed by atoms with Crippen molar-refractivity contribution in [2.45, 2.75) is 40.0 Å². The van der Waals surface area contributed by atoms with Crippen molar-refractivity contribution < 1.29 is 9.59 Å². The van der Waals surface area contributed by atoms with E-state index in [1.165, 1.54) is 0 Å². The number of amides is 2. The molecule has 21 heavy (non-hydrogen) atoms. The van der Waals surface area contributed by atoms with Crippen LogP contribution in [-0.2, 0) is 9.59 Å². The third-order valence-corrected chi connectivity index (χ3v) is 3.77. The molecule has 0 spiro atoms. The van der Waals surface area contributed by atoms with Gasteiger partial charge < -0.3 is 15.5 Å². The summed E-state index contributed by atoms with van der Waals surface area (Å²) in [5, 5.41) is 6.02. The van der Waals surface area contributed by atoms with Crippen molar-refractivity contribution in [1.29, 1.82) is 0 Å². The Bertz CT molecular complexity index is 334. The first-order valence-corrected chi connectivity index (χ1v) is 7.55. The average Bonchev–Trinajstić information content (AvgIpc) is 2.38. The second kappa shape index (κ2) is 9.26. The van der Waals surface area contributed by atoms with Crippen molar-refractivity contribution in [3.8, 4) is 0 Å². The molecule has 1 aliphatic rings. The summed E-state index contributed by atoms with van der Waals surface area (Å²) in [5.74, 6) is 0.838. The van der Waals surface area contributed by atoms with Crippen molar-refractivity contribution in [3.05, 3.63) is 0 Å². The molecule has 1 rings (SSSR count). The highest BCUT2D eigenvalue weighted by Crippen LogP contribution is 2.17. The average molecular weight is 320 g/mol. The van der Waals surface area contributed by atoms with Gasteiger partial charge in [0.15, 0.2) is 0 Å². The Morgan fingerprint density at radius 3 is 2.24 bits per heavy atom. The molecule has 2 N–H and O–H groups in total. The minimum atomic E-state index is -0.394. The van der Waals surface area contributed by atoms with Crippen LogP contribution >= 0.6 is 12.4 Å². The molecule has 0 bridgehead atoms. The van der Waals surface area contributed by atoms with Gasteiger partial charge in [-0.3, -0.25) is 9.59 Å². The fourth-order valence-corrected chi connectivity index (χ4v) is 2.38. The molecule has 6 heteroatoms. The SMILES string of the molecule is CNCC1CCN(C(=O)CCNC(=O)C(C)(C)C)CC1.Cl. The minimum absolute atomic E-state index is 0. The van der Waals surface area contributed by atoms with E-state index >= 15 is 0 Å². The molecule has 1 heterocycles. The lowest BCUT2D eigenvalue weighted by Gasteiger charge is -2.32. The lowest BCUT2D eigenvalue weighted by Crippen LogP contribution is -2.42. The number of carbonyl (C=O) groups excluding carboxylic acids is 2. The van der Waals surface area contributed by atoms with Crippen LogP contribution in [0.25, 0.3) is 0 Å². The Morgan fingerprint density at radius 2 is 1.76 bits per heavy atom. The zero-order chi connectivity index (χ0) is 15.2. The molecular weight excluding hydrogens is 290 g/mol. The Labute approximate surface area is 134 Å². The summed E-state index contributed by atoms with van der Waals surface area (Å²) >= 11 is 0. The molecule has 1 saturated heterocycles. The van der Waals surface area contributed by atoms with Crippen molar-refractivity contribution in [3.63, 3.8) is 0 Å². The molecule has 0 aromatic rings. The molecule has 0 aliphatic carbocycles. The first kappa shape index (κ1) is 20.2. The van der Waals surface area contributed by atoms with Gasteiger partial charge in [0.1, 0.15) is 0 Å². The second-order valence-corrected chi connectivity index (χ2v) is 6.64. The topological polar surface area (TPSA) is 61.4 Å².